The topological polar surface area (TPSA) is 38.8 Å². The molecule has 0 spiro atoms. The molecule has 2 atom stereocenters. The van der Waals surface area contributed by atoms with Crippen molar-refractivity contribution < 1.29 is 14.3 Å². The number of carbonyl (C=O) groups excluding carboxylic acids is 1. The molecule has 0 amide bonds. The second kappa shape index (κ2) is 4.26. The SMILES string of the molecule is COc1ccc(C(=O)C2OC2C(C)C)cc1. The number of Topliss-reactive ketones (excluding diaryl/α,β-unsaturated/α-hetero) is 1. The third kappa shape index (κ3) is 2.09. The Morgan fingerprint density at radius 2 is 1.94 bits per heavy atom. The van der Waals surface area contributed by atoms with Crippen LogP contribution in [0.2, 0.25) is 0 Å². The minimum absolute atomic E-state index is 0.0707. The maximum atomic E-state index is 12.0. The molecule has 1 aromatic carbocycles. The number of hydrogen-bond donors (Lipinski definition) is 0. The van der Waals surface area contributed by atoms with Gasteiger partial charge in [-0.1, -0.05) is 13.8 Å². The molecule has 86 valence electrons. The lowest BCUT2D eigenvalue weighted by molar-refractivity contribution is 0.0953. The minimum atomic E-state index is -0.242. The summed E-state index contributed by atoms with van der Waals surface area (Å²) in [6.45, 7) is 4.12. The molecule has 0 radical (unpaired) electrons. The molecular formula is C13H16O3. The van der Waals surface area contributed by atoms with E-state index in [4.69, 9.17) is 9.47 Å². The van der Waals surface area contributed by atoms with Crippen molar-refractivity contribution in [2.75, 3.05) is 7.11 Å². The van der Waals surface area contributed by atoms with Gasteiger partial charge in [-0.05, 0) is 30.2 Å². The van der Waals surface area contributed by atoms with E-state index in [0.717, 1.165) is 5.75 Å². The van der Waals surface area contributed by atoms with Crippen LogP contribution in [0.1, 0.15) is 24.2 Å². The first-order valence-electron chi connectivity index (χ1n) is 5.47. The summed E-state index contributed by atoms with van der Waals surface area (Å²) in [4.78, 5) is 12.0. The molecule has 0 N–H and O–H groups in total. The Balaban J connectivity index is 2.05. The van der Waals surface area contributed by atoms with Crippen LogP contribution in [0.25, 0.3) is 0 Å². The van der Waals surface area contributed by atoms with Crippen LogP contribution < -0.4 is 4.74 Å². The fourth-order valence-electron chi connectivity index (χ4n) is 1.76. The van der Waals surface area contributed by atoms with Crippen molar-refractivity contribution in [2.24, 2.45) is 5.92 Å². The van der Waals surface area contributed by atoms with E-state index in [9.17, 15) is 4.79 Å². The highest BCUT2D eigenvalue weighted by Crippen LogP contribution is 2.32. The van der Waals surface area contributed by atoms with E-state index in [2.05, 4.69) is 13.8 Å². The summed E-state index contributed by atoms with van der Waals surface area (Å²) in [5.74, 6) is 1.22. The van der Waals surface area contributed by atoms with Crippen molar-refractivity contribution >= 4 is 5.78 Å². The molecule has 3 nitrogen and oxygen atoms in total. The largest absolute Gasteiger partial charge is 0.497 e. The van der Waals surface area contributed by atoms with E-state index in [0.29, 0.717) is 11.5 Å². The van der Waals surface area contributed by atoms with E-state index in [1.54, 1.807) is 31.4 Å². The normalized spacial score (nSPS) is 23.2. The van der Waals surface area contributed by atoms with Crippen LogP contribution in [-0.4, -0.2) is 25.1 Å². The summed E-state index contributed by atoms with van der Waals surface area (Å²) in [6.07, 6.45) is -0.150. The Labute approximate surface area is 95.4 Å². The van der Waals surface area contributed by atoms with Crippen molar-refractivity contribution in [3.8, 4) is 5.75 Å². The highest BCUT2D eigenvalue weighted by atomic mass is 16.6. The number of methoxy groups -OCH3 is 1. The first kappa shape index (κ1) is 11.1. The van der Waals surface area contributed by atoms with Gasteiger partial charge in [0.2, 0.25) is 0 Å². The van der Waals surface area contributed by atoms with Gasteiger partial charge >= 0.3 is 0 Å². The number of ketones is 1. The van der Waals surface area contributed by atoms with Gasteiger partial charge in [0, 0.05) is 5.56 Å². The number of benzene rings is 1. The second-order valence-corrected chi connectivity index (χ2v) is 4.36. The predicted molar refractivity (Wildman–Crippen MR) is 60.8 cm³/mol. The van der Waals surface area contributed by atoms with Crippen molar-refractivity contribution in [1.29, 1.82) is 0 Å². The van der Waals surface area contributed by atoms with Crippen LogP contribution in [-0.2, 0) is 4.74 Å². The fourth-order valence-corrected chi connectivity index (χ4v) is 1.76. The molecule has 1 aliphatic heterocycles. The van der Waals surface area contributed by atoms with Crippen molar-refractivity contribution in [2.45, 2.75) is 26.1 Å². The molecule has 2 unspecified atom stereocenters. The van der Waals surface area contributed by atoms with Gasteiger partial charge in [0.25, 0.3) is 0 Å². The molecule has 16 heavy (non-hydrogen) atoms. The van der Waals surface area contributed by atoms with Gasteiger partial charge < -0.3 is 9.47 Å². The summed E-state index contributed by atoms with van der Waals surface area (Å²) in [6, 6.07) is 7.14. The van der Waals surface area contributed by atoms with Crippen LogP contribution in [0.5, 0.6) is 5.75 Å². The van der Waals surface area contributed by atoms with Crippen LogP contribution in [0.15, 0.2) is 24.3 Å². The molecule has 1 heterocycles. The van der Waals surface area contributed by atoms with Gasteiger partial charge in [-0.15, -0.1) is 0 Å². The van der Waals surface area contributed by atoms with E-state index in [1.807, 2.05) is 0 Å². The van der Waals surface area contributed by atoms with Gasteiger partial charge in [-0.3, -0.25) is 4.79 Å². The molecule has 0 aromatic heterocycles. The highest BCUT2D eigenvalue weighted by molar-refractivity contribution is 6.01. The van der Waals surface area contributed by atoms with Crippen LogP contribution in [0, 0.1) is 5.92 Å². The summed E-state index contributed by atoms with van der Waals surface area (Å²) in [5, 5.41) is 0. The second-order valence-electron chi connectivity index (χ2n) is 4.36. The first-order valence-corrected chi connectivity index (χ1v) is 5.47. The molecule has 0 bridgehead atoms. The van der Waals surface area contributed by atoms with Crippen LogP contribution >= 0.6 is 0 Å². The Hall–Kier alpha value is -1.35. The molecule has 1 aliphatic rings. The molecular weight excluding hydrogens is 204 g/mol. The Bertz CT molecular complexity index is 381. The molecule has 1 saturated heterocycles. The standard InChI is InChI=1S/C13H16O3/c1-8(2)12-13(16-12)11(14)9-4-6-10(15-3)7-5-9/h4-8,12-13H,1-3H3. The Morgan fingerprint density at radius 1 is 1.31 bits per heavy atom. The first-order chi connectivity index (χ1) is 7.63. The Morgan fingerprint density at radius 3 is 2.38 bits per heavy atom. The summed E-state index contributed by atoms with van der Waals surface area (Å²) < 4.78 is 10.4. The lowest BCUT2D eigenvalue weighted by Gasteiger charge is -2.01. The minimum Gasteiger partial charge on any atom is -0.497 e. The van der Waals surface area contributed by atoms with Gasteiger partial charge in [0.05, 0.1) is 13.2 Å². The van der Waals surface area contributed by atoms with E-state index in [-0.39, 0.29) is 18.0 Å². The van der Waals surface area contributed by atoms with Crippen molar-refractivity contribution in [3.05, 3.63) is 29.8 Å². The molecule has 0 saturated carbocycles. The maximum Gasteiger partial charge on any atom is 0.194 e. The molecule has 1 fully saturated rings. The van der Waals surface area contributed by atoms with Crippen LogP contribution in [0.3, 0.4) is 0 Å². The lowest BCUT2D eigenvalue weighted by atomic mass is 10.0. The third-order valence-corrected chi connectivity index (χ3v) is 2.82. The van der Waals surface area contributed by atoms with Gasteiger partial charge in [-0.25, -0.2) is 0 Å². The number of rotatable bonds is 4. The maximum absolute atomic E-state index is 12.0. The molecule has 1 aromatic rings. The molecule has 0 aliphatic carbocycles. The number of hydrogen-bond acceptors (Lipinski definition) is 3. The average Bonchev–Trinajstić information content (AvgIpc) is 3.08. The lowest BCUT2D eigenvalue weighted by Crippen LogP contribution is -2.13. The van der Waals surface area contributed by atoms with Gasteiger partial charge in [0.15, 0.2) is 5.78 Å². The summed E-state index contributed by atoms with van der Waals surface area (Å²) in [5.41, 5.74) is 0.689. The van der Waals surface area contributed by atoms with Crippen LogP contribution in [0.4, 0.5) is 0 Å². The van der Waals surface area contributed by atoms with E-state index >= 15 is 0 Å². The number of carbonyl (C=O) groups is 1. The van der Waals surface area contributed by atoms with Gasteiger partial charge in [0.1, 0.15) is 11.9 Å². The zero-order valence-corrected chi connectivity index (χ0v) is 9.77. The summed E-state index contributed by atoms with van der Waals surface area (Å²) in [7, 11) is 1.61. The zero-order valence-electron chi connectivity index (χ0n) is 9.77. The number of ether oxygens (including phenoxy) is 2. The fraction of sp³-hybridized carbons (Fsp3) is 0.462. The highest BCUT2D eigenvalue weighted by Gasteiger charge is 2.46. The monoisotopic (exact) mass is 220 g/mol. The van der Waals surface area contributed by atoms with Gasteiger partial charge in [-0.2, -0.15) is 0 Å². The third-order valence-electron chi connectivity index (χ3n) is 2.82. The van der Waals surface area contributed by atoms with E-state index in [1.165, 1.54) is 0 Å². The van der Waals surface area contributed by atoms with E-state index < -0.39 is 0 Å². The summed E-state index contributed by atoms with van der Waals surface area (Å²) >= 11 is 0. The molecule has 2 rings (SSSR count). The predicted octanol–water partition coefficient (Wildman–Crippen LogP) is 2.30. The quantitative estimate of drug-likeness (QED) is 0.577. The average molecular weight is 220 g/mol. The Kier molecular flexibility index (Phi) is 2.97. The molecule has 3 heteroatoms. The smallest absolute Gasteiger partial charge is 0.194 e. The van der Waals surface area contributed by atoms with Crippen molar-refractivity contribution in [3.63, 3.8) is 0 Å². The zero-order chi connectivity index (χ0) is 11.7. The van der Waals surface area contributed by atoms with Crippen molar-refractivity contribution in [1.82, 2.24) is 0 Å². The number of epoxide rings is 1.